The van der Waals surface area contributed by atoms with Crippen LogP contribution in [0.1, 0.15) is 16.9 Å². The number of hydrogen-bond acceptors (Lipinski definition) is 4. The van der Waals surface area contributed by atoms with Crippen LogP contribution in [0.2, 0.25) is 0 Å². The van der Waals surface area contributed by atoms with Crippen LogP contribution in [0.15, 0.2) is 41.8 Å². The maximum Gasteiger partial charge on any atom is 0.304 e. The van der Waals surface area contributed by atoms with Crippen LogP contribution >= 0.6 is 11.3 Å². The molecule has 0 amide bonds. The molecule has 112 valence electrons. The summed E-state index contributed by atoms with van der Waals surface area (Å²) < 4.78 is 5.37. The molecule has 1 heterocycles. The lowest BCUT2D eigenvalue weighted by molar-refractivity contribution is -0.137. The molecule has 0 atom stereocenters. The number of aliphatic carboxylic acids is 1. The topological polar surface area (TPSA) is 49.8 Å². The Morgan fingerprint density at radius 3 is 2.71 bits per heavy atom. The summed E-state index contributed by atoms with van der Waals surface area (Å²) in [6.45, 7) is 1.95. The molecule has 0 bridgehead atoms. The van der Waals surface area contributed by atoms with Crippen LogP contribution in [0.3, 0.4) is 0 Å². The summed E-state index contributed by atoms with van der Waals surface area (Å²) in [6.07, 6.45) is 0.139. The summed E-state index contributed by atoms with van der Waals surface area (Å²) in [7, 11) is 1.65. The third-order valence-corrected chi connectivity index (χ3v) is 4.05. The van der Waals surface area contributed by atoms with Crippen molar-refractivity contribution < 1.29 is 14.6 Å². The van der Waals surface area contributed by atoms with Crippen molar-refractivity contribution in [2.24, 2.45) is 0 Å². The number of methoxy groups -OCH3 is 1. The number of thiophene rings is 1. The molecule has 0 fully saturated rings. The van der Waals surface area contributed by atoms with E-state index in [-0.39, 0.29) is 6.42 Å². The molecule has 5 heteroatoms. The largest absolute Gasteiger partial charge is 0.496 e. The summed E-state index contributed by atoms with van der Waals surface area (Å²) in [5.41, 5.74) is 1.07. The zero-order valence-electron chi connectivity index (χ0n) is 12.0. The molecule has 0 unspecified atom stereocenters. The monoisotopic (exact) mass is 305 g/mol. The smallest absolute Gasteiger partial charge is 0.304 e. The minimum Gasteiger partial charge on any atom is -0.496 e. The minimum atomic E-state index is -0.772. The molecule has 2 aromatic rings. The van der Waals surface area contributed by atoms with Gasteiger partial charge >= 0.3 is 5.97 Å². The molecule has 2 rings (SSSR count). The van der Waals surface area contributed by atoms with Crippen molar-refractivity contribution in [2.45, 2.75) is 19.5 Å². The number of para-hydroxylation sites is 1. The Bertz CT molecular complexity index is 569. The van der Waals surface area contributed by atoms with Gasteiger partial charge in [-0.3, -0.25) is 9.69 Å². The van der Waals surface area contributed by atoms with Crippen molar-refractivity contribution >= 4 is 17.3 Å². The summed E-state index contributed by atoms with van der Waals surface area (Å²) in [4.78, 5) is 14.2. The van der Waals surface area contributed by atoms with E-state index < -0.39 is 5.97 Å². The lowest BCUT2D eigenvalue weighted by Gasteiger charge is -2.22. The fourth-order valence-electron chi connectivity index (χ4n) is 2.17. The highest BCUT2D eigenvalue weighted by Crippen LogP contribution is 2.21. The molecule has 4 nitrogen and oxygen atoms in total. The van der Waals surface area contributed by atoms with E-state index in [1.54, 1.807) is 18.4 Å². The Morgan fingerprint density at radius 1 is 1.24 bits per heavy atom. The predicted molar refractivity (Wildman–Crippen MR) is 83.7 cm³/mol. The fourth-order valence-corrected chi connectivity index (χ4v) is 2.91. The normalized spacial score (nSPS) is 10.8. The minimum absolute atomic E-state index is 0.139. The summed E-state index contributed by atoms with van der Waals surface area (Å²) in [6, 6.07) is 11.9. The molecule has 1 N–H and O–H groups in total. The second-order valence-corrected chi connectivity index (χ2v) is 5.78. The van der Waals surface area contributed by atoms with Gasteiger partial charge in [-0.15, -0.1) is 11.3 Å². The molecule has 0 spiro atoms. The highest BCUT2D eigenvalue weighted by molar-refractivity contribution is 7.09. The van der Waals surface area contributed by atoms with Crippen molar-refractivity contribution in [1.29, 1.82) is 0 Å². The van der Waals surface area contributed by atoms with E-state index in [1.807, 2.05) is 35.7 Å². The van der Waals surface area contributed by atoms with Crippen molar-refractivity contribution in [1.82, 2.24) is 4.90 Å². The van der Waals surface area contributed by atoms with Gasteiger partial charge in [0.15, 0.2) is 0 Å². The van der Waals surface area contributed by atoms with Gasteiger partial charge in [-0.05, 0) is 17.5 Å². The summed E-state index contributed by atoms with van der Waals surface area (Å²) in [5, 5.41) is 10.9. The van der Waals surface area contributed by atoms with E-state index in [0.717, 1.165) is 17.9 Å². The quantitative estimate of drug-likeness (QED) is 0.813. The molecular formula is C16H19NO3S. The van der Waals surface area contributed by atoms with Gasteiger partial charge in [0.1, 0.15) is 5.75 Å². The van der Waals surface area contributed by atoms with Gasteiger partial charge in [0.25, 0.3) is 0 Å². The Labute approximate surface area is 128 Å². The zero-order chi connectivity index (χ0) is 15.1. The fraction of sp³-hybridized carbons (Fsp3) is 0.312. The predicted octanol–water partition coefficient (Wildman–Crippen LogP) is 3.23. The Hall–Kier alpha value is -1.85. The SMILES string of the molecule is COc1ccccc1CN(CCC(=O)O)Cc1cccs1. The molecule has 0 saturated carbocycles. The molecule has 0 aliphatic rings. The highest BCUT2D eigenvalue weighted by Gasteiger charge is 2.12. The molecule has 0 aliphatic carbocycles. The Balaban J connectivity index is 2.08. The van der Waals surface area contributed by atoms with Crippen molar-refractivity contribution in [2.75, 3.05) is 13.7 Å². The zero-order valence-corrected chi connectivity index (χ0v) is 12.8. The number of carboxylic acids is 1. The number of hydrogen-bond donors (Lipinski definition) is 1. The molecule has 0 radical (unpaired) electrons. The molecule has 1 aromatic heterocycles. The second kappa shape index (κ2) is 7.81. The van der Waals surface area contributed by atoms with Crippen LogP contribution in [-0.2, 0) is 17.9 Å². The van der Waals surface area contributed by atoms with E-state index in [1.165, 1.54) is 4.88 Å². The van der Waals surface area contributed by atoms with E-state index >= 15 is 0 Å². The second-order valence-electron chi connectivity index (χ2n) is 4.75. The van der Waals surface area contributed by atoms with Crippen LogP contribution in [0, 0.1) is 0 Å². The van der Waals surface area contributed by atoms with Crippen molar-refractivity contribution in [3.63, 3.8) is 0 Å². The first-order valence-corrected chi connectivity index (χ1v) is 7.65. The molecular weight excluding hydrogens is 286 g/mol. The third-order valence-electron chi connectivity index (χ3n) is 3.19. The van der Waals surface area contributed by atoms with Gasteiger partial charge in [-0.25, -0.2) is 0 Å². The number of benzene rings is 1. The number of rotatable bonds is 8. The van der Waals surface area contributed by atoms with E-state index in [2.05, 4.69) is 11.0 Å². The van der Waals surface area contributed by atoms with E-state index in [0.29, 0.717) is 13.1 Å². The molecule has 21 heavy (non-hydrogen) atoms. The Morgan fingerprint density at radius 2 is 2.05 bits per heavy atom. The van der Waals surface area contributed by atoms with Gasteiger partial charge < -0.3 is 9.84 Å². The standard InChI is InChI=1S/C16H19NO3S/c1-20-15-7-3-2-5-13(15)11-17(9-8-16(18)19)12-14-6-4-10-21-14/h2-7,10H,8-9,11-12H2,1H3,(H,18,19). The maximum absolute atomic E-state index is 10.8. The molecule has 0 aliphatic heterocycles. The van der Waals surface area contributed by atoms with Gasteiger partial charge in [0.2, 0.25) is 0 Å². The molecule has 1 aromatic carbocycles. The number of ether oxygens (including phenoxy) is 1. The first kappa shape index (κ1) is 15.5. The first-order chi connectivity index (χ1) is 10.2. The van der Waals surface area contributed by atoms with Gasteiger partial charge in [-0.1, -0.05) is 24.3 Å². The van der Waals surface area contributed by atoms with Gasteiger partial charge in [0.05, 0.1) is 13.5 Å². The van der Waals surface area contributed by atoms with Gasteiger partial charge in [0, 0.05) is 30.1 Å². The first-order valence-electron chi connectivity index (χ1n) is 6.77. The molecule has 0 saturated heterocycles. The summed E-state index contributed by atoms with van der Waals surface area (Å²) in [5.74, 6) is 0.0650. The lowest BCUT2D eigenvalue weighted by Crippen LogP contribution is -2.25. The average Bonchev–Trinajstić information content (AvgIpc) is 2.98. The highest BCUT2D eigenvalue weighted by atomic mass is 32.1. The lowest BCUT2D eigenvalue weighted by atomic mass is 10.2. The van der Waals surface area contributed by atoms with Crippen LogP contribution in [-0.4, -0.2) is 29.6 Å². The van der Waals surface area contributed by atoms with Crippen molar-refractivity contribution in [3.05, 3.63) is 52.2 Å². The number of nitrogens with zero attached hydrogens (tertiary/aromatic N) is 1. The number of carbonyl (C=O) groups is 1. The van der Waals surface area contributed by atoms with Gasteiger partial charge in [-0.2, -0.15) is 0 Å². The van der Waals surface area contributed by atoms with Crippen LogP contribution in [0.5, 0.6) is 5.75 Å². The van der Waals surface area contributed by atoms with E-state index in [9.17, 15) is 4.79 Å². The van der Waals surface area contributed by atoms with E-state index in [4.69, 9.17) is 9.84 Å². The van der Waals surface area contributed by atoms with Crippen LogP contribution < -0.4 is 4.74 Å². The third kappa shape index (κ3) is 4.88. The van der Waals surface area contributed by atoms with Crippen LogP contribution in [0.4, 0.5) is 0 Å². The average molecular weight is 305 g/mol. The van der Waals surface area contributed by atoms with Crippen LogP contribution in [0.25, 0.3) is 0 Å². The number of carboxylic acid groups (broad SMARTS) is 1. The summed E-state index contributed by atoms with van der Waals surface area (Å²) >= 11 is 1.69. The maximum atomic E-state index is 10.8. The Kier molecular flexibility index (Phi) is 5.78. The van der Waals surface area contributed by atoms with Crippen molar-refractivity contribution in [3.8, 4) is 5.75 Å².